The van der Waals surface area contributed by atoms with Crippen molar-refractivity contribution in [1.29, 1.82) is 0 Å². The van der Waals surface area contributed by atoms with Crippen LogP contribution < -0.4 is 5.32 Å². The lowest BCUT2D eigenvalue weighted by Crippen LogP contribution is -2.38. The van der Waals surface area contributed by atoms with Crippen molar-refractivity contribution in [3.05, 3.63) is 34.9 Å². The average Bonchev–Trinajstić information content (AvgIpc) is 2.90. The van der Waals surface area contributed by atoms with Crippen molar-refractivity contribution in [2.75, 3.05) is 13.6 Å². The first-order valence-corrected chi connectivity index (χ1v) is 8.73. The second-order valence-electron chi connectivity index (χ2n) is 6.65. The van der Waals surface area contributed by atoms with Gasteiger partial charge >= 0.3 is 0 Å². The van der Waals surface area contributed by atoms with Crippen molar-refractivity contribution in [3.63, 3.8) is 0 Å². The van der Waals surface area contributed by atoms with Crippen LogP contribution in [0.2, 0.25) is 5.02 Å². The predicted octanol–water partition coefficient (Wildman–Crippen LogP) is 2.83. The largest absolute Gasteiger partial charge is 0.393 e. The summed E-state index contributed by atoms with van der Waals surface area (Å²) in [4.78, 5) is 14.0. The predicted molar refractivity (Wildman–Crippen MR) is 93.4 cm³/mol. The molecule has 1 aromatic rings. The molecule has 1 aliphatic rings. The molecule has 2 N–H and O–H groups in total. The number of carbonyl (C=O) groups is 1. The first kappa shape index (κ1) is 18.2. The fourth-order valence-corrected chi connectivity index (χ4v) is 3.31. The van der Waals surface area contributed by atoms with E-state index < -0.39 is 0 Å². The van der Waals surface area contributed by atoms with Gasteiger partial charge in [0.25, 0.3) is 0 Å². The van der Waals surface area contributed by atoms with Gasteiger partial charge in [-0.1, -0.05) is 30.2 Å². The lowest BCUT2D eigenvalue weighted by atomic mass is 10.1. The van der Waals surface area contributed by atoms with Crippen LogP contribution in [0.4, 0.5) is 0 Å². The second-order valence-corrected chi connectivity index (χ2v) is 7.09. The van der Waals surface area contributed by atoms with Gasteiger partial charge in [0.15, 0.2) is 0 Å². The Kier molecular flexibility index (Phi) is 6.88. The summed E-state index contributed by atoms with van der Waals surface area (Å²) in [5.41, 5.74) is 1.03. The molecule has 5 heteroatoms. The Morgan fingerprint density at radius 1 is 1.48 bits per heavy atom. The first-order chi connectivity index (χ1) is 11.0. The third-order valence-corrected chi connectivity index (χ3v) is 4.80. The van der Waals surface area contributed by atoms with Crippen molar-refractivity contribution < 1.29 is 9.90 Å². The number of nitrogens with zero attached hydrogens (tertiary/aromatic N) is 1. The summed E-state index contributed by atoms with van der Waals surface area (Å²) in [6.07, 6.45) is 3.35. The quantitative estimate of drug-likeness (QED) is 0.803. The van der Waals surface area contributed by atoms with Crippen molar-refractivity contribution in [2.45, 2.75) is 51.3 Å². The minimum Gasteiger partial charge on any atom is -0.393 e. The molecule has 2 rings (SSSR count). The van der Waals surface area contributed by atoms with Crippen molar-refractivity contribution >= 4 is 17.5 Å². The Bertz CT molecular complexity index is 523. The normalized spacial score (nSPS) is 22.1. The van der Waals surface area contributed by atoms with Crippen molar-refractivity contribution in [3.8, 4) is 0 Å². The zero-order valence-corrected chi connectivity index (χ0v) is 14.7. The van der Waals surface area contributed by atoms with E-state index in [1.165, 1.54) is 0 Å². The van der Waals surface area contributed by atoms with Gasteiger partial charge in [0.2, 0.25) is 5.91 Å². The zero-order valence-electron chi connectivity index (χ0n) is 14.0. The fourth-order valence-electron chi connectivity index (χ4n) is 3.10. The monoisotopic (exact) mass is 338 g/mol. The second kappa shape index (κ2) is 8.67. The minimum absolute atomic E-state index is 0.108. The highest BCUT2D eigenvalue weighted by Gasteiger charge is 2.25. The van der Waals surface area contributed by atoms with Gasteiger partial charge in [-0.2, -0.15) is 0 Å². The summed E-state index contributed by atoms with van der Waals surface area (Å²) < 4.78 is 0. The molecular weight excluding hydrogens is 312 g/mol. The van der Waals surface area contributed by atoms with E-state index in [0.29, 0.717) is 23.9 Å². The molecule has 4 nitrogen and oxygen atoms in total. The highest BCUT2D eigenvalue weighted by Crippen LogP contribution is 2.24. The maximum Gasteiger partial charge on any atom is 0.224 e. The first-order valence-electron chi connectivity index (χ1n) is 8.35. The molecule has 0 heterocycles. The van der Waals surface area contributed by atoms with E-state index in [2.05, 4.69) is 5.32 Å². The highest BCUT2D eigenvalue weighted by molar-refractivity contribution is 6.30. The number of benzene rings is 1. The van der Waals surface area contributed by atoms with Crippen LogP contribution in [-0.2, 0) is 11.3 Å². The van der Waals surface area contributed by atoms with Crippen LogP contribution >= 0.6 is 11.6 Å². The van der Waals surface area contributed by atoms with Gasteiger partial charge in [0, 0.05) is 37.6 Å². The maximum absolute atomic E-state index is 12.3. The van der Waals surface area contributed by atoms with Gasteiger partial charge < -0.3 is 15.3 Å². The number of halogens is 1. The summed E-state index contributed by atoms with van der Waals surface area (Å²) in [6, 6.07) is 7.69. The van der Waals surface area contributed by atoms with Crippen LogP contribution in [-0.4, -0.2) is 41.7 Å². The summed E-state index contributed by atoms with van der Waals surface area (Å²) in [5.74, 6) is 0.439. The van der Waals surface area contributed by atoms with Crippen molar-refractivity contribution in [2.24, 2.45) is 5.92 Å². The Morgan fingerprint density at radius 2 is 2.26 bits per heavy atom. The number of amides is 1. The van der Waals surface area contributed by atoms with E-state index in [1.807, 2.05) is 38.2 Å². The number of hydrogen-bond donors (Lipinski definition) is 2. The summed E-state index contributed by atoms with van der Waals surface area (Å²) in [7, 11) is 1.82. The van der Waals surface area contributed by atoms with Crippen LogP contribution in [0.3, 0.4) is 0 Å². The van der Waals surface area contributed by atoms with E-state index in [4.69, 9.17) is 11.6 Å². The third kappa shape index (κ3) is 5.79. The molecule has 3 atom stereocenters. The molecular formula is C18H27ClN2O2. The number of rotatable bonds is 7. The fraction of sp³-hybridized carbons (Fsp3) is 0.611. The molecule has 0 bridgehead atoms. The van der Waals surface area contributed by atoms with Crippen LogP contribution in [0.1, 0.15) is 38.2 Å². The molecule has 0 radical (unpaired) electrons. The van der Waals surface area contributed by atoms with Gasteiger partial charge in [0.05, 0.1) is 6.10 Å². The van der Waals surface area contributed by atoms with E-state index in [9.17, 15) is 9.90 Å². The molecule has 1 aliphatic carbocycles. The molecule has 0 spiro atoms. The van der Waals surface area contributed by atoms with E-state index >= 15 is 0 Å². The molecule has 1 fully saturated rings. The van der Waals surface area contributed by atoms with E-state index in [1.54, 1.807) is 4.90 Å². The molecule has 3 unspecified atom stereocenters. The molecule has 1 aromatic carbocycles. The van der Waals surface area contributed by atoms with Crippen molar-refractivity contribution in [1.82, 2.24) is 10.2 Å². The zero-order chi connectivity index (χ0) is 16.8. The van der Waals surface area contributed by atoms with Crippen LogP contribution in [0.25, 0.3) is 0 Å². The van der Waals surface area contributed by atoms with Gasteiger partial charge in [-0.15, -0.1) is 0 Å². The van der Waals surface area contributed by atoms with Gasteiger partial charge in [-0.25, -0.2) is 0 Å². The Labute approximate surface area is 143 Å². The Morgan fingerprint density at radius 3 is 2.91 bits per heavy atom. The number of carbonyl (C=O) groups excluding carboxylic acids is 1. The minimum atomic E-state index is -0.184. The third-order valence-electron chi connectivity index (χ3n) is 4.56. The molecule has 0 saturated heterocycles. The molecule has 128 valence electrons. The van der Waals surface area contributed by atoms with E-state index in [0.717, 1.165) is 31.4 Å². The van der Waals surface area contributed by atoms with Gasteiger partial charge in [-0.05, 0) is 43.4 Å². The van der Waals surface area contributed by atoms with E-state index in [-0.39, 0.29) is 18.1 Å². The molecule has 1 amide bonds. The number of hydrogen-bond acceptors (Lipinski definition) is 3. The topological polar surface area (TPSA) is 52.6 Å². The van der Waals surface area contributed by atoms with Crippen LogP contribution in [0, 0.1) is 5.92 Å². The number of aliphatic hydroxyl groups excluding tert-OH is 1. The smallest absolute Gasteiger partial charge is 0.224 e. The summed E-state index contributed by atoms with van der Waals surface area (Å²) >= 11 is 5.97. The number of aliphatic hydroxyl groups is 1. The van der Waals surface area contributed by atoms with Gasteiger partial charge in [0.1, 0.15) is 0 Å². The van der Waals surface area contributed by atoms with Crippen LogP contribution in [0.5, 0.6) is 0 Å². The highest BCUT2D eigenvalue weighted by atomic mass is 35.5. The van der Waals surface area contributed by atoms with Crippen LogP contribution in [0.15, 0.2) is 24.3 Å². The Hall–Kier alpha value is -1.10. The summed E-state index contributed by atoms with van der Waals surface area (Å²) in [5, 5.41) is 13.9. The molecule has 0 aromatic heterocycles. The number of nitrogens with one attached hydrogen (secondary N) is 1. The van der Waals surface area contributed by atoms with Gasteiger partial charge in [-0.3, -0.25) is 4.79 Å². The Balaban J connectivity index is 1.74. The SMILES string of the molecule is CC(CC(=O)N(C)Cc1cccc(Cl)c1)NCC1CCCC1O. The lowest BCUT2D eigenvalue weighted by molar-refractivity contribution is -0.130. The molecule has 0 aliphatic heterocycles. The lowest BCUT2D eigenvalue weighted by Gasteiger charge is -2.22. The maximum atomic E-state index is 12.3. The molecule has 1 saturated carbocycles. The standard InChI is InChI=1S/C18H27ClN2O2/c1-13(20-11-15-6-4-8-17(15)22)9-18(23)21(2)12-14-5-3-7-16(19)10-14/h3,5,7,10,13,15,17,20,22H,4,6,8-9,11-12H2,1-2H3. The summed E-state index contributed by atoms with van der Waals surface area (Å²) in [6.45, 7) is 3.37. The average molecular weight is 339 g/mol. The molecule has 23 heavy (non-hydrogen) atoms.